The first-order valence-electron chi connectivity index (χ1n) is 6.94. The fourth-order valence-electron chi connectivity index (χ4n) is 2.07. The third kappa shape index (κ3) is 3.67. The average Bonchev–Trinajstić information content (AvgIpc) is 2.83. The van der Waals surface area contributed by atoms with Crippen LogP contribution in [0.2, 0.25) is 5.02 Å². The zero-order chi connectivity index (χ0) is 17.1. The molecule has 120 valence electrons. The second-order valence-electron chi connectivity index (χ2n) is 4.88. The minimum atomic E-state index is -0.393. The van der Waals surface area contributed by atoms with E-state index < -0.39 is 5.91 Å². The molecule has 1 fully saturated rings. The van der Waals surface area contributed by atoms with Gasteiger partial charge in [0.25, 0.3) is 11.8 Å². The highest BCUT2D eigenvalue weighted by Crippen LogP contribution is 2.31. The lowest BCUT2D eigenvalue weighted by Crippen LogP contribution is -2.44. The number of nitrogens with zero attached hydrogens (tertiary/aromatic N) is 1. The minimum Gasteiger partial charge on any atom is -0.267 e. The van der Waals surface area contributed by atoms with Gasteiger partial charge in [-0.3, -0.25) is 15.0 Å². The number of carbonyl (C=O) groups excluding carboxylic acids is 2. The molecule has 0 bridgehead atoms. The van der Waals surface area contributed by atoms with Crippen LogP contribution in [0.4, 0.5) is 0 Å². The van der Waals surface area contributed by atoms with Gasteiger partial charge < -0.3 is 0 Å². The van der Waals surface area contributed by atoms with Crippen LogP contribution < -0.4 is 5.43 Å². The molecule has 1 aliphatic heterocycles. The molecule has 3 rings (SSSR count). The Morgan fingerprint density at radius 2 is 1.92 bits per heavy atom. The van der Waals surface area contributed by atoms with Crippen LogP contribution in [0.1, 0.15) is 15.9 Å². The molecule has 0 aliphatic carbocycles. The third-order valence-electron chi connectivity index (χ3n) is 3.19. The molecule has 1 N–H and O–H groups in total. The van der Waals surface area contributed by atoms with Gasteiger partial charge in [-0.25, -0.2) is 0 Å². The SMILES string of the molecule is O=C(NN1C(=O)/C(=C/c2cccc(Cl)c2)SC1=S)c1ccccc1. The molecular formula is C17H11ClN2O2S2. The van der Waals surface area contributed by atoms with Crippen molar-refractivity contribution >= 4 is 57.8 Å². The van der Waals surface area contributed by atoms with E-state index in [4.69, 9.17) is 23.8 Å². The van der Waals surface area contributed by atoms with Crippen LogP contribution in [0.3, 0.4) is 0 Å². The van der Waals surface area contributed by atoms with Gasteiger partial charge in [0.15, 0.2) is 4.32 Å². The summed E-state index contributed by atoms with van der Waals surface area (Å²) in [7, 11) is 0. The molecule has 2 amide bonds. The normalized spacial score (nSPS) is 15.9. The summed E-state index contributed by atoms with van der Waals surface area (Å²) in [5.41, 5.74) is 3.78. The van der Waals surface area contributed by atoms with Gasteiger partial charge in [-0.1, -0.05) is 53.7 Å². The van der Waals surface area contributed by atoms with E-state index >= 15 is 0 Å². The number of benzene rings is 2. The number of hydrogen-bond donors (Lipinski definition) is 1. The van der Waals surface area contributed by atoms with E-state index in [1.54, 1.807) is 48.5 Å². The summed E-state index contributed by atoms with van der Waals surface area (Å²) in [5, 5.41) is 1.67. The summed E-state index contributed by atoms with van der Waals surface area (Å²) in [6.07, 6.45) is 1.69. The van der Waals surface area contributed by atoms with Crippen molar-refractivity contribution < 1.29 is 9.59 Å². The Labute approximate surface area is 153 Å². The van der Waals surface area contributed by atoms with E-state index in [2.05, 4.69) is 5.43 Å². The molecule has 4 nitrogen and oxygen atoms in total. The summed E-state index contributed by atoms with van der Waals surface area (Å²) in [6.45, 7) is 0. The topological polar surface area (TPSA) is 49.4 Å². The van der Waals surface area contributed by atoms with Gasteiger partial charge in [0.1, 0.15) is 0 Å². The van der Waals surface area contributed by atoms with Crippen molar-refractivity contribution in [2.75, 3.05) is 0 Å². The predicted octanol–water partition coefficient (Wildman–Crippen LogP) is 3.89. The molecular weight excluding hydrogens is 364 g/mol. The highest BCUT2D eigenvalue weighted by molar-refractivity contribution is 8.26. The van der Waals surface area contributed by atoms with E-state index in [0.29, 0.717) is 15.5 Å². The van der Waals surface area contributed by atoms with Gasteiger partial charge in [0, 0.05) is 10.6 Å². The predicted molar refractivity (Wildman–Crippen MR) is 100 cm³/mol. The Balaban J connectivity index is 1.78. The number of nitrogens with one attached hydrogen (secondary N) is 1. The number of hydrogen-bond acceptors (Lipinski definition) is 4. The quantitative estimate of drug-likeness (QED) is 0.654. The van der Waals surface area contributed by atoms with E-state index in [1.807, 2.05) is 12.1 Å². The van der Waals surface area contributed by atoms with Crippen molar-refractivity contribution in [2.45, 2.75) is 0 Å². The lowest BCUT2D eigenvalue weighted by atomic mass is 10.2. The first-order valence-corrected chi connectivity index (χ1v) is 8.54. The Morgan fingerprint density at radius 1 is 1.17 bits per heavy atom. The highest BCUT2D eigenvalue weighted by atomic mass is 35.5. The van der Waals surface area contributed by atoms with E-state index in [0.717, 1.165) is 22.3 Å². The molecule has 0 atom stereocenters. The van der Waals surface area contributed by atoms with Crippen LogP contribution >= 0.6 is 35.6 Å². The fraction of sp³-hybridized carbons (Fsp3) is 0. The monoisotopic (exact) mass is 374 g/mol. The molecule has 0 aromatic heterocycles. The maximum absolute atomic E-state index is 12.5. The summed E-state index contributed by atoms with van der Waals surface area (Å²) in [6, 6.07) is 15.8. The third-order valence-corrected chi connectivity index (χ3v) is 4.73. The summed E-state index contributed by atoms with van der Waals surface area (Å²) >= 11 is 12.3. The van der Waals surface area contributed by atoms with Gasteiger partial charge in [-0.2, -0.15) is 5.01 Å². The fourth-order valence-corrected chi connectivity index (χ4v) is 3.45. The first-order chi connectivity index (χ1) is 11.5. The lowest BCUT2D eigenvalue weighted by molar-refractivity contribution is -0.123. The van der Waals surface area contributed by atoms with Gasteiger partial charge in [0.2, 0.25) is 0 Å². The largest absolute Gasteiger partial charge is 0.285 e. The van der Waals surface area contributed by atoms with Gasteiger partial charge in [0.05, 0.1) is 4.91 Å². The number of halogens is 1. The summed E-state index contributed by atoms with van der Waals surface area (Å²) < 4.78 is 0.276. The maximum Gasteiger partial charge on any atom is 0.285 e. The molecule has 0 unspecified atom stereocenters. The van der Waals surface area contributed by atoms with Crippen LogP contribution in [0.25, 0.3) is 6.08 Å². The number of thiocarbonyl (C=S) groups is 1. The first kappa shape index (κ1) is 16.7. The standard InChI is InChI=1S/C17H11ClN2O2S2/c18-13-8-4-5-11(9-13)10-14-16(22)20(17(23)24-14)19-15(21)12-6-2-1-3-7-12/h1-10H,(H,19,21)/b14-10-. The number of carbonyl (C=O) groups is 2. The van der Waals surface area contributed by atoms with Gasteiger partial charge in [-0.15, -0.1) is 0 Å². The Morgan fingerprint density at radius 3 is 2.62 bits per heavy atom. The van der Waals surface area contributed by atoms with Gasteiger partial charge in [-0.05, 0) is 48.1 Å². The smallest absolute Gasteiger partial charge is 0.267 e. The number of amides is 2. The minimum absolute atomic E-state index is 0.276. The van der Waals surface area contributed by atoms with Crippen molar-refractivity contribution in [3.05, 3.63) is 75.7 Å². The lowest BCUT2D eigenvalue weighted by Gasteiger charge is -2.15. The molecule has 1 aliphatic rings. The number of hydrazine groups is 1. The molecule has 0 spiro atoms. The molecule has 0 radical (unpaired) electrons. The van der Waals surface area contributed by atoms with Crippen molar-refractivity contribution in [3.63, 3.8) is 0 Å². The van der Waals surface area contributed by atoms with Crippen molar-refractivity contribution in [1.82, 2.24) is 10.4 Å². The Kier molecular flexibility index (Phi) is 4.99. The van der Waals surface area contributed by atoms with Crippen molar-refractivity contribution in [1.29, 1.82) is 0 Å². The Bertz CT molecular complexity index is 853. The van der Waals surface area contributed by atoms with Crippen LogP contribution in [0.5, 0.6) is 0 Å². The molecule has 0 saturated carbocycles. The molecule has 1 heterocycles. The molecule has 2 aromatic carbocycles. The zero-order valence-corrected chi connectivity index (χ0v) is 14.6. The van der Waals surface area contributed by atoms with Crippen LogP contribution in [-0.4, -0.2) is 21.1 Å². The van der Waals surface area contributed by atoms with Crippen molar-refractivity contribution in [3.8, 4) is 0 Å². The number of rotatable bonds is 3. The average molecular weight is 375 g/mol. The summed E-state index contributed by atoms with van der Waals surface area (Å²) in [4.78, 5) is 25.1. The second kappa shape index (κ2) is 7.17. The maximum atomic E-state index is 12.5. The molecule has 1 saturated heterocycles. The van der Waals surface area contributed by atoms with E-state index in [1.165, 1.54) is 0 Å². The van der Waals surface area contributed by atoms with E-state index in [9.17, 15) is 9.59 Å². The number of thioether (sulfide) groups is 1. The summed E-state index contributed by atoms with van der Waals surface area (Å²) in [5.74, 6) is -0.759. The Hall–Kier alpha value is -2.15. The van der Waals surface area contributed by atoms with Crippen molar-refractivity contribution in [2.24, 2.45) is 0 Å². The van der Waals surface area contributed by atoms with Crippen LogP contribution in [0, 0.1) is 0 Å². The molecule has 24 heavy (non-hydrogen) atoms. The zero-order valence-electron chi connectivity index (χ0n) is 12.2. The van der Waals surface area contributed by atoms with E-state index in [-0.39, 0.29) is 10.2 Å². The van der Waals surface area contributed by atoms with Crippen LogP contribution in [-0.2, 0) is 4.79 Å². The molecule has 7 heteroatoms. The van der Waals surface area contributed by atoms with Gasteiger partial charge >= 0.3 is 0 Å². The molecule has 2 aromatic rings. The highest BCUT2D eigenvalue weighted by Gasteiger charge is 2.33. The second-order valence-corrected chi connectivity index (χ2v) is 6.99. The van der Waals surface area contributed by atoms with Crippen LogP contribution in [0.15, 0.2) is 59.5 Å².